The van der Waals surface area contributed by atoms with Crippen molar-refractivity contribution in [2.75, 3.05) is 7.11 Å². The summed E-state index contributed by atoms with van der Waals surface area (Å²) in [6.07, 6.45) is 0.816. The Morgan fingerprint density at radius 3 is 2.63 bits per heavy atom. The smallest absolute Gasteiger partial charge is 0.135 e. The highest BCUT2D eigenvalue weighted by Crippen LogP contribution is 2.47. The van der Waals surface area contributed by atoms with E-state index < -0.39 is 0 Å². The van der Waals surface area contributed by atoms with Crippen LogP contribution in [0.2, 0.25) is 0 Å². The van der Waals surface area contributed by atoms with Crippen LogP contribution in [0.3, 0.4) is 0 Å². The van der Waals surface area contributed by atoms with Gasteiger partial charge >= 0.3 is 0 Å². The molecule has 0 atom stereocenters. The van der Waals surface area contributed by atoms with Gasteiger partial charge in [-0.1, -0.05) is 0 Å². The molecule has 0 fully saturated rings. The van der Waals surface area contributed by atoms with Crippen LogP contribution in [-0.4, -0.2) is 17.8 Å². The van der Waals surface area contributed by atoms with Crippen molar-refractivity contribution in [1.29, 1.82) is 0 Å². The molecule has 100 valence electrons. The molecule has 0 saturated heterocycles. The van der Waals surface area contributed by atoms with Crippen molar-refractivity contribution in [2.24, 2.45) is 0 Å². The maximum absolute atomic E-state index is 10.1. The van der Waals surface area contributed by atoms with Gasteiger partial charge in [0, 0.05) is 22.8 Å². The average molecular weight is 258 g/mol. The van der Waals surface area contributed by atoms with Crippen molar-refractivity contribution in [3.05, 3.63) is 29.3 Å². The molecule has 0 unspecified atom stereocenters. The minimum Gasteiger partial charge on any atom is -0.507 e. The van der Waals surface area contributed by atoms with Gasteiger partial charge in [-0.3, -0.25) is 0 Å². The molecule has 3 heteroatoms. The number of hydrogen-bond acceptors (Lipinski definition) is 3. The zero-order valence-electron chi connectivity index (χ0n) is 11.7. The molecular formula is C16H18O3. The van der Waals surface area contributed by atoms with Gasteiger partial charge in [0.1, 0.15) is 22.8 Å². The molecule has 3 rings (SSSR count). The molecule has 0 spiro atoms. The van der Waals surface area contributed by atoms with Crippen molar-refractivity contribution < 1.29 is 14.6 Å². The lowest BCUT2D eigenvalue weighted by Crippen LogP contribution is -2.24. The van der Waals surface area contributed by atoms with E-state index in [1.54, 1.807) is 13.2 Å². The van der Waals surface area contributed by atoms with Crippen LogP contribution in [0.1, 0.15) is 25.0 Å². The minimum absolute atomic E-state index is 0.233. The van der Waals surface area contributed by atoms with Crippen LogP contribution in [0.4, 0.5) is 0 Å². The largest absolute Gasteiger partial charge is 0.507 e. The third-order valence-corrected chi connectivity index (χ3v) is 3.59. The summed E-state index contributed by atoms with van der Waals surface area (Å²) in [5.41, 5.74) is 1.87. The van der Waals surface area contributed by atoms with Gasteiger partial charge in [0.2, 0.25) is 0 Å². The molecule has 1 aliphatic heterocycles. The van der Waals surface area contributed by atoms with Crippen molar-refractivity contribution in [3.8, 4) is 17.2 Å². The highest BCUT2D eigenvalue weighted by atomic mass is 16.5. The summed E-state index contributed by atoms with van der Waals surface area (Å²) in [5.74, 6) is 1.90. The van der Waals surface area contributed by atoms with E-state index in [0.717, 1.165) is 39.8 Å². The standard InChI is InChI=1S/C16H18O3/c1-9-5-11-10(13(17)6-9)7-14(18-4)12-8-16(2,3)19-15(11)12/h5-7,17H,8H2,1-4H3. The molecule has 0 bridgehead atoms. The Balaban J connectivity index is 2.39. The number of phenolic OH excluding ortho intramolecular Hbond substituents is 1. The maximum atomic E-state index is 10.1. The molecule has 3 nitrogen and oxygen atoms in total. The molecule has 2 aromatic carbocycles. The lowest BCUT2D eigenvalue weighted by atomic mass is 9.97. The fourth-order valence-electron chi connectivity index (χ4n) is 2.81. The first kappa shape index (κ1) is 12.2. The predicted octanol–water partition coefficient (Wildman–Crippen LogP) is 3.58. The fraction of sp³-hybridized carbons (Fsp3) is 0.375. The van der Waals surface area contributed by atoms with Crippen molar-refractivity contribution in [2.45, 2.75) is 32.8 Å². The summed E-state index contributed by atoms with van der Waals surface area (Å²) in [5, 5.41) is 11.9. The van der Waals surface area contributed by atoms with Crippen molar-refractivity contribution in [3.63, 3.8) is 0 Å². The highest BCUT2D eigenvalue weighted by Gasteiger charge is 2.34. The van der Waals surface area contributed by atoms with Gasteiger partial charge in [0.25, 0.3) is 0 Å². The van der Waals surface area contributed by atoms with Crippen molar-refractivity contribution >= 4 is 10.8 Å². The minimum atomic E-state index is -0.233. The van der Waals surface area contributed by atoms with E-state index in [1.165, 1.54) is 0 Å². The first-order chi connectivity index (χ1) is 8.91. The second-order valence-electron chi connectivity index (χ2n) is 5.80. The third kappa shape index (κ3) is 1.81. The molecule has 0 radical (unpaired) electrons. The van der Waals surface area contributed by atoms with Gasteiger partial charge < -0.3 is 14.6 Å². The Hall–Kier alpha value is -1.90. The molecule has 1 heterocycles. The Morgan fingerprint density at radius 1 is 1.21 bits per heavy atom. The Labute approximate surface area is 112 Å². The second kappa shape index (κ2) is 3.80. The second-order valence-corrected chi connectivity index (χ2v) is 5.80. The fourth-order valence-corrected chi connectivity index (χ4v) is 2.81. The van der Waals surface area contributed by atoms with E-state index in [1.807, 2.05) is 13.0 Å². The summed E-state index contributed by atoms with van der Waals surface area (Å²) in [6, 6.07) is 5.71. The number of phenols is 1. The Morgan fingerprint density at radius 2 is 1.95 bits per heavy atom. The van der Waals surface area contributed by atoms with Crippen LogP contribution < -0.4 is 9.47 Å². The van der Waals surface area contributed by atoms with Gasteiger partial charge in [-0.25, -0.2) is 0 Å². The highest BCUT2D eigenvalue weighted by molar-refractivity contribution is 5.96. The molecule has 19 heavy (non-hydrogen) atoms. The van der Waals surface area contributed by atoms with Gasteiger partial charge in [0.05, 0.1) is 7.11 Å². The van der Waals surface area contributed by atoms with Crippen LogP contribution in [0, 0.1) is 6.92 Å². The zero-order chi connectivity index (χ0) is 13.8. The van der Waals surface area contributed by atoms with Gasteiger partial charge in [-0.2, -0.15) is 0 Å². The maximum Gasteiger partial charge on any atom is 0.135 e. The number of rotatable bonds is 1. The number of hydrogen-bond donors (Lipinski definition) is 1. The average Bonchev–Trinajstić information content (AvgIpc) is 2.64. The molecule has 0 saturated carbocycles. The Kier molecular flexibility index (Phi) is 2.43. The third-order valence-electron chi connectivity index (χ3n) is 3.59. The number of aryl methyl sites for hydroxylation is 1. The Bertz CT molecular complexity index is 671. The van der Waals surface area contributed by atoms with E-state index in [-0.39, 0.29) is 11.4 Å². The first-order valence-corrected chi connectivity index (χ1v) is 6.43. The van der Waals surface area contributed by atoms with E-state index in [0.29, 0.717) is 0 Å². The van der Waals surface area contributed by atoms with Crippen LogP contribution in [-0.2, 0) is 6.42 Å². The number of ether oxygens (including phenoxy) is 2. The lowest BCUT2D eigenvalue weighted by Gasteiger charge is -2.17. The monoisotopic (exact) mass is 258 g/mol. The molecule has 1 aliphatic rings. The van der Waals surface area contributed by atoms with E-state index in [4.69, 9.17) is 9.47 Å². The number of aromatic hydroxyl groups is 1. The van der Waals surface area contributed by atoms with E-state index >= 15 is 0 Å². The molecule has 0 aliphatic carbocycles. The predicted molar refractivity (Wildman–Crippen MR) is 75.3 cm³/mol. The van der Waals surface area contributed by atoms with Gasteiger partial charge in [0.15, 0.2) is 0 Å². The molecule has 0 aromatic heterocycles. The molecule has 2 aromatic rings. The topological polar surface area (TPSA) is 38.7 Å². The van der Waals surface area contributed by atoms with Crippen LogP contribution in [0.5, 0.6) is 17.2 Å². The molecule has 0 amide bonds. The zero-order valence-corrected chi connectivity index (χ0v) is 11.7. The quantitative estimate of drug-likeness (QED) is 0.849. The van der Waals surface area contributed by atoms with Gasteiger partial charge in [-0.15, -0.1) is 0 Å². The summed E-state index contributed by atoms with van der Waals surface area (Å²) in [6.45, 7) is 6.09. The SMILES string of the molecule is COc1cc2c(O)cc(C)cc2c2c1CC(C)(C)O2. The normalized spacial score (nSPS) is 16.2. The lowest BCUT2D eigenvalue weighted by molar-refractivity contribution is 0.140. The van der Waals surface area contributed by atoms with Gasteiger partial charge in [-0.05, 0) is 44.5 Å². The summed E-state index contributed by atoms with van der Waals surface area (Å²) in [7, 11) is 1.65. The first-order valence-electron chi connectivity index (χ1n) is 6.43. The van der Waals surface area contributed by atoms with E-state index in [2.05, 4.69) is 19.9 Å². The molecular weight excluding hydrogens is 240 g/mol. The van der Waals surface area contributed by atoms with Crippen molar-refractivity contribution in [1.82, 2.24) is 0 Å². The number of benzene rings is 2. The van der Waals surface area contributed by atoms with E-state index in [9.17, 15) is 5.11 Å². The molecule has 1 N–H and O–H groups in total. The number of methoxy groups -OCH3 is 1. The van der Waals surface area contributed by atoms with Crippen LogP contribution >= 0.6 is 0 Å². The number of fused-ring (bicyclic) bond motifs is 3. The summed E-state index contributed by atoms with van der Waals surface area (Å²) < 4.78 is 11.5. The van der Waals surface area contributed by atoms with Crippen LogP contribution in [0.15, 0.2) is 18.2 Å². The van der Waals surface area contributed by atoms with Crippen LogP contribution in [0.25, 0.3) is 10.8 Å². The summed E-state index contributed by atoms with van der Waals surface area (Å²) in [4.78, 5) is 0. The summed E-state index contributed by atoms with van der Waals surface area (Å²) >= 11 is 0.